The van der Waals surface area contributed by atoms with Crippen LogP contribution in [0.3, 0.4) is 0 Å². The molecule has 0 rings (SSSR count). The van der Waals surface area contributed by atoms with Crippen LogP contribution < -0.4 is 5.32 Å². The molecule has 0 aromatic carbocycles. The quantitative estimate of drug-likeness (QED) is 0.654. The van der Waals surface area contributed by atoms with Crippen LogP contribution in [-0.2, 0) is 9.53 Å². The zero-order valence-electron chi connectivity index (χ0n) is 8.76. The smallest absolute Gasteiger partial charge is 0.249 e. The second-order valence-corrected chi connectivity index (χ2v) is 3.44. The third-order valence-corrected chi connectivity index (χ3v) is 2.28. The molecule has 78 valence electrons. The molecule has 0 radical (unpaired) electrons. The minimum absolute atomic E-state index is 0.0638. The van der Waals surface area contributed by atoms with Gasteiger partial charge in [-0.15, -0.1) is 0 Å². The lowest BCUT2D eigenvalue weighted by Crippen LogP contribution is -2.51. The predicted molar refractivity (Wildman–Crippen MR) is 50.4 cm³/mol. The van der Waals surface area contributed by atoms with Crippen molar-refractivity contribution in [3.63, 3.8) is 0 Å². The second-order valence-electron chi connectivity index (χ2n) is 3.44. The largest absolute Gasteiger partial charge is 0.394 e. The topological polar surface area (TPSA) is 58.6 Å². The van der Waals surface area contributed by atoms with Crippen molar-refractivity contribution in [3.05, 3.63) is 0 Å². The molecule has 2 unspecified atom stereocenters. The molecule has 0 saturated carbocycles. The normalized spacial score (nSPS) is 17.6. The molecule has 4 heteroatoms. The lowest BCUT2D eigenvalue weighted by atomic mass is 10.00. The van der Waals surface area contributed by atoms with Crippen molar-refractivity contribution in [1.29, 1.82) is 0 Å². The van der Waals surface area contributed by atoms with Crippen molar-refractivity contribution >= 4 is 5.91 Å². The summed E-state index contributed by atoms with van der Waals surface area (Å²) in [5.74, 6) is -0.194. The maximum atomic E-state index is 11.4. The standard InChI is InChI=1S/C9H19NO3/c1-5-9(3,6-11)10-8(12)7(2)13-4/h7,11H,5-6H2,1-4H3,(H,10,12). The summed E-state index contributed by atoms with van der Waals surface area (Å²) in [5.41, 5.74) is -0.538. The lowest BCUT2D eigenvalue weighted by molar-refractivity contribution is -0.132. The predicted octanol–water partition coefficient (Wildman–Crippen LogP) is 0.298. The van der Waals surface area contributed by atoms with Gasteiger partial charge in [-0.3, -0.25) is 4.79 Å². The third kappa shape index (κ3) is 3.74. The van der Waals surface area contributed by atoms with Gasteiger partial charge >= 0.3 is 0 Å². The Morgan fingerprint density at radius 2 is 2.23 bits per heavy atom. The molecule has 2 N–H and O–H groups in total. The highest BCUT2D eigenvalue weighted by Crippen LogP contribution is 2.08. The van der Waals surface area contributed by atoms with Gasteiger partial charge in [-0.05, 0) is 20.3 Å². The van der Waals surface area contributed by atoms with E-state index in [4.69, 9.17) is 9.84 Å². The summed E-state index contributed by atoms with van der Waals surface area (Å²) < 4.78 is 4.85. The minimum atomic E-state index is -0.538. The van der Waals surface area contributed by atoms with Crippen LogP contribution in [0.25, 0.3) is 0 Å². The van der Waals surface area contributed by atoms with Gasteiger partial charge in [0.15, 0.2) is 0 Å². The van der Waals surface area contributed by atoms with E-state index in [0.29, 0.717) is 6.42 Å². The first-order chi connectivity index (χ1) is 5.99. The Kier molecular flexibility index (Phi) is 4.95. The summed E-state index contributed by atoms with van der Waals surface area (Å²) in [4.78, 5) is 11.4. The van der Waals surface area contributed by atoms with Crippen molar-refractivity contribution in [2.75, 3.05) is 13.7 Å². The number of aliphatic hydroxyl groups excluding tert-OH is 1. The molecule has 0 aromatic heterocycles. The number of hydrogen-bond donors (Lipinski definition) is 2. The highest BCUT2D eigenvalue weighted by Gasteiger charge is 2.25. The fourth-order valence-corrected chi connectivity index (χ4v) is 0.746. The average molecular weight is 189 g/mol. The summed E-state index contributed by atoms with van der Waals surface area (Å²) in [6, 6.07) is 0. The summed E-state index contributed by atoms with van der Waals surface area (Å²) in [7, 11) is 1.48. The Labute approximate surface area is 79.3 Å². The number of aliphatic hydroxyl groups is 1. The molecule has 0 fully saturated rings. The molecule has 4 nitrogen and oxygen atoms in total. The lowest BCUT2D eigenvalue weighted by Gasteiger charge is -2.28. The van der Waals surface area contributed by atoms with Crippen molar-refractivity contribution in [2.45, 2.75) is 38.8 Å². The van der Waals surface area contributed by atoms with E-state index in [-0.39, 0.29) is 12.5 Å². The maximum absolute atomic E-state index is 11.4. The van der Waals surface area contributed by atoms with Crippen LogP contribution in [0.2, 0.25) is 0 Å². The Balaban J connectivity index is 4.17. The van der Waals surface area contributed by atoms with Gasteiger partial charge in [0, 0.05) is 7.11 Å². The maximum Gasteiger partial charge on any atom is 0.249 e. The number of rotatable bonds is 5. The van der Waals surface area contributed by atoms with Crippen LogP contribution in [0.1, 0.15) is 27.2 Å². The number of nitrogens with one attached hydrogen (secondary N) is 1. The second kappa shape index (κ2) is 5.19. The molecule has 0 bridgehead atoms. The molecule has 0 aromatic rings. The number of hydrogen-bond acceptors (Lipinski definition) is 3. The molecule has 1 amide bonds. The van der Waals surface area contributed by atoms with E-state index in [1.54, 1.807) is 13.8 Å². The van der Waals surface area contributed by atoms with Crippen LogP contribution in [0, 0.1) is 0 Å². The first kappa shape index (κ1) is 12.4. The zero-order valence-corrected chi connectivity index (χ0v) is 8.76. The first-order valence-corrected chi connectivity index (χ1v) is 4.44. The van der Waals surface area contributed by atoms with Gasteiger partial charge < -0.3 is 15.2 Å². The molecule has 2 atom stereocenters. The van der Waals surface area contributed by atoms with Crippen LogP contribution in [-0.4, -0.2) is 36.4 Å². The van der Waals surface area contributed by atoms with Crippen LogP contribution >= 0.6 is 0 Å². The molecule has 0 aliphatic carbocycles. The Bertz CT molecular complexity index is 166. The van der Waals surface area contributed by atoms with Gasteiger partial charge in [0.2, 0.25) is 5.91 Å². The van der Waals surface area contributed by atoms with Crippen LogP contribution in [0.5, 0.6) is 0 Å². The summed E-state index contributed by atoms with van der Waals surface area (Å²) in [5, 5.41) is 11.8. The number of methoxy groups -OCH3 is 1. The van der Waals surface area contributed by atoms with E-state index in [9.17, 15) is 4.79 Å². The zero-order chi connectivity index (χ0) is 10.5. The fourth-order valence-electron chi connectivity index (χ4n) is 0.746. The highest BCUT2D eigenvalue weighted by atomic mass is 16.5. The Morgan fingerprint density at radius 1 is 1.69 bits per heavy atom. The van der Waals surface area contributed by atoms with E-state index >= 15 is 0 Å². The monoisotopic (exact) mass is 189 g/mol. The van der Waals surface area contributed by atoms with E-state index < -0.39 is 11.6 Å². The molecule has 0 heterocycles. The van der Waals surface area contributed by atoms with Gasteiger partial charge in [0.1, 0.15) is 6.10 Å². The number of carbonyl (C=O) groups is 1. The fraction of sp³-hybridized carbons (Fsp3) is 0.889. The van der Waals surface area contributed by atoms with E-state index in [0.717, 1.165) is 0 Å². The van der Waals surface area contributed by atoms with Gasteiger partial charge in [-0.1, -0.05) is 6.92 Å². The number of amides is 1. The van der Waals surface area contributed by atoms with Gasteiger partial charge in [-0.25, -0.2) is 0 Å². The van der Waals surface area contributed by atoms with Gasteiger partial charge in [0.05, 0.1) is 12.1 Å². The molecule has 13 heavy (non-hydrogen) atoms. The minimum Gasteiger partial charge on any atom is -0.394 e. The van der Waals surface area contributed by atoms with E-state index in [1.807, 2.05) is 6.92 Å². The Hall–Kier alpha value is -0.610. The molecular formula is C9H19NO3. The molecule has 0 aliphatic rings. The van der Waals surface area contributed by atoms with Crippen molar-refractivity contribution < 1.29 is 14.6 Å². The van der Waals surface area contributed by atoms with Gasteiger partial charge in [-0.2, -0.15) is 0 Å². The summed E-state index contributed by atoms with van der Waals surface area (Å²) in [6.45, 7) is 5.32. The third-order valence-electron chi connectivity index (χ3n) is 2.28. The molecular weight excluding hydrogens is 170 g/mol. The van der Waals surface area contributed by atoms with E-state index in [1.165, 1.54) is 7.11 Å². The molecule has 0 aliphatic heterocycles. The van der Waals surface area contributed by atoms with E-state index in [2.05, 4.69) is 5.32 Å². The van der Waals surface area contributed by atoms with Crippen molar-refractivity contribution in [1.82, 2.24) is 5.32 Å². The average Bonchev–Trinajstić information content (AvgIpc) is 2.16. The van der Waals surface area contributed by atoms with Crippen molar-refractivity contribution in [3.8, 4) is 0 Å². The van der Waals surface area contributed by atoms with Gasteiger partial charge in [0.25, 0.3) is 0 Å². The van der Waals surface area contributed by atoms with Crippen molar-refractivity contribution in [2.24, 2.45) is 0 Å². The summed E-state index contributed by atoms with van der Waals surface area (Å²) >= 11 is 0. The number of carbonyl (C=O) groups excluding carboxylic acids is 1. The highest BCUT2D eigenvalue weighted by molar-refractivity contribution is 5.81. The first-order valence-electron chi connectivity index (χ1n) is 4.44. The molecule has 0 spiro atoms. The number of ether oxygens (including phenoxy) is 1. The summed E-state index contributed by atoms with van der Waals surface area (Å²) in [6.07, 6.45) is 0.212. The molecule has 0 saturated heterocycles. The van der Waals surface area contributed by atoms with Crippen LogP contribution in [0.4, 0.5) is 0 Å². The van der Waals surface area contributed by atoms with Crippen LogP contribution in [0.15, 0.2) is 0 Å². The Morgan fingerprint density at radius 3 is 2.54 bits per heavy atom. The SMILES string of the molecule is CCC(C)(CO)NC(=O)C(C)OC.